The summed E-state index contributed by atoms with van der Waals surface area (Å²) in [5.74, 6) is -0.287. The maximum absolute atomic E-state index is 12.2. The van der Waals surface area contributed by atoms with Crippen LogP contribution in [-0.2, 0) is 14.3 Å². The van der Waals surface area contributed by atoms with Gasteiger partial charge in [0.1, 0.15) is 0 Å². The lowest BCUT2D eigenvalue weighted by Crippen LogP contribution is -2.49. The van der Waals surface area contributed by atoms with E-state index in [1.807, 2.05) is 0 Å². The lowest BCUT2D eigenvalue weighted by Gasteiger charge is -2.34. The van der Waals surface area contributed by atoms with Crippen molar-refractivity contribution in [2.45, 2.75) is 32.1 Å². The molecular formula is C13H25N3O3. The summed E-state index contributed by atoms with van der Waals surface area (Å²) in [4.78, 5) is 23.7. The summed E-state index contributed by atoms with van der Waals surface area (Å²) >= 11 is 0. The number of carbonyl (C=O) groups is 2. The van der Waals surface area contributed by atoms with Crippen molar-refractivity contribution in [1.29, 1.82) is 0 Å². The largest absolute Gasteiger partial charge is 0.383 e. The van der Waals surface area contributed by atoms with E-state index in [-0.39, 0.29) is 18.4 Å². The Hall–Kier alpha value is -1.14. The highest BCUT2D eigenvalue weighted by atomic mass is 16.5. The van der Waals surface area contributed by atoms with Gasteiger partial charge < -0.3 is 21.1 Å². The smallest absolute Gasteiger partial charge is 0.239 e. The molecule has 0 radical (unpaired) electrons. The first-order valence-corrected chi connectivity index (χ1v) is 6.88. The molecule has 0 spiro atoms. The molecule has 0 unspecified atom stereocenters. The van der Waals surface area contributed by atoms with Gasteiger partial charge in [0.05, 0.1) is 18.6 Å². The van der Waals surface area contributed by atoms with Crippen LogP contribution in [0.5, 0.6) is 0 Å². The SMILES string of the molecule is COCCNC(=O)CNC(=O)C1(CN)CCCCC1. The van der Waals surface area contributed by atoms with Crippen molar-refractivity contribution in [1.82, 2.24) is 10.6 Å². The zero-order valence-corrected chi connectivity index (χ0v) is 11.7. The van der Waals surface area contributed by atoms with Crippen LogP contribution in [0.3, 0.4) is 0 Å². The van der Waals surface area contributed by atoms with Crippen molar-refractivity contribution in [3.63, 3.8) is 0 Å². The molecule has 1 aliphatic rings. The summed E-state index contributed by atoms with van der Waals surface area (Å²) < 4.78 is 4.83. The first kappa shape index (κ1) is 15.9. The molecule has 0 atom stereocenters. The van der Waals surface area contributed by atoms with Crippen LogP contribution in [0.2, 0.25) is 0 Å². The fourth-order valence-electron chi connectivity index (χ4n) is 2.46. The first-order valence-electron chi connectivity index (χ1n) is 6.88. The van der Waals surface area contributed by atoms with Crippen molar-refractivity contribution in [2.24, 2.45) is 11.1 Å². The molecule has 4 N–H and O–H groups in total. The van der Waals surface area contributed by atoms with Crippen LogP contribution in [0.15, 0.2) is 0 Å². The van der Waals surface area contributed by atoms with Gasteiger partial charge in [-0.25, -0.2) is 0 Å². The summed E-state index contributed by atoms with van der Waals surface area (Å²) in [5, 5.41) is 5.36. The van der Waals surface area contributed by atoms with Crippen molar-refractivity contribution in [2.75, 3.05) is 33.4 Å². The monoisotopic (exact) mass is 271 g/mol. The van der Waals surface area contributed by atoms with E-state index in [0.717, 1.165) is 32.1 Å². The van der Waals surface area contributed by atoms with E-state index in [2.05, 4.69) is 10.6 Å². The zero-order valence-electron chi connectivity index (χ0n) is 11.7. The fraction of sp³-hybridized carbons (Fsp3) is 0.846. The van der Waals surface area contributed by atoms with Gasteiger partial charge in [-0.15, -0.1) is 0 Å². The summed E-state index contributed by atoms with van der Waals surface area (Å²) in [7, 11) is 1.57. The van der Waals surface area contributed by atoms with Crippen LogP contribution < -0.4 is 16.4 Å². The molecule has 2 amide bonds. The molecule has 0 saturated heterocycles. The number of nitrogens with one attached hydrogen (secondary N) is 2. The highest BCUT2D eigenvalue weighted by Gasteiger charge is 2.38. The summed E-state index contributed by atoms with van der Waals surface area (Å²) in [5.41, 5.74) is 5.30. The van der Waals surface area contributed by atoms with Crippen LogP contribution in [-0.4, -0.2) is 45.2 Å². The van der Waals surface area contributed by atoms with Crippen LogP contribution in [0, 0.1) is 5.41 Å². The highest BCUT2D eigenvalue weighted by Crippen LogP contribution is 2.35. The Bertz CT molecular complexity index is 302. The Morgan fingerprint density at radius 3 is 2.47 bits per heavy atom. The van der Waals surface area contributed by atoms with Crippen molar-refractivity contribution < 1.29 is 14.3 Å². The topological polar surface area (TPSA) is 93.5 Å². The lowest BCUT2D eigenvalue weighted by molar-refractivity contribution is -0.134. The molecule has 0 heterocycles. The molecule has 6 heteroatoms. The highest BCUT2D eigenvalue weighted by molar-refractivity contribution is 5.88. The van der Waals surface area contributed by atoms with Crippen molar-refractivity contribution >= 4 is 11.8 Å². The number of hydrogen-bond donors (Lipinski definition) is 3. The maximum Gasteiger partial charge on any atom is 0.239 e. The third kappa shape index (κ3) is 4.80. The van der Waals surface area contributed by atoms with Gasteiger partial charge >= 0.3 is 0 Å². The third-order valence-electron chi connectivity index (χ3n) is 3.72. The zero-order chi connectivity index (χ0) is 14.1. The number of nitrogens with two attached hydrogens (primary N) is 1. The number of hydrogen-bond acceptors (Lipinski definition) is 4. The van der Waals surface area contributed by atoms with E-state index >= 15 is 0 Å². The Balaban J connectivity index is 2.34. The van der Waals surface area contributed by atoms with Crippen molar-refractivity contribution in [3.8, 4) is 0 Å². The summed E-state index contributed by atoms with van der Waals surface area (Å²) in [6.45, 7) is 1.27. The molecule has 0 bridgehead atoms. The number of carbonyl (C=O) groups excluding carboxylic acids is 2. The van der Waals surface area contributed by atoms with Gasteiger partial charge in [0.25, 0.3) is 0 Å². The third-order valence-corrected chi connectivity index (χ3v) is 3.72. The van der Waals surface area contributed by atoms with Gasteiger partial charge in [0, 0.05) is 20.2 Å². The average molecular weight is 271 g/mol. The van der Waals surface area contributed by atoms with Gasteiger partial charge in [-0.3, -0.25) is 9.59 Å². The van der Waals surface area contributed by atoms with E-state index in [9.17, 15) is 9.59 Å². The quantitative estimate of drug-likeness (QED) is 0.558. The molecule has 1 saturated carbocycles. The minimum atomic E-state index is -0.467. The number of amides is 2. The predicted octanol–water partition coefficient (Wildman–Crippen LogP) is -0.226. The minimum Gasteiger partial charge on any atom is -0.383 e. The van der Waals surface area contributed by atoms with E-state index in [0.29, 0.717) is 19.7 Å². The first-order chi connectivity index (χ1) is 9.14. The molecule has 0 aromatic heterocycles. The minimum absolute atomic E-state index is 0.00426. The van der Waals surface area contributed by atoms with Gasteiger partial charge in [-0.2, -0.15) is 0 Å². The Labute approximate surface area is 114 Å². The summed E-state index contributed by atoms with van der Waals surface area (Å²) in [6.07, 6.45) is 4.86. The Morgan fingerprint density at radius 2 is 1.89 bits per heavy atom. The molecular weight excluding hydrogens is 246 g/mol. The van der Waals surface area contributed by atoms with Crippen LogP contribution in [0.4, 0.5) is 0 Å². The van der Waals surface area contributed by atoms with Crippen LogP contribution in [0.25, 0.3) is 0 Å². The van der Waals surface area contributed by atoms with E-state index in [1.165, 1.54) is 0 Å². The molecule has 6 nitrogen and oxygen atoms in total. The second kappa shape index (κ2) is 8.12. The molecule has 1 fully saturated rings. The molecule has 0 aliphatic heterocycles. The number of methoxy groups -OCH3 is 1. The molecule has 110 valence electrons. The van der Waals surface area contributed by atoms with Crippen LogP contribution >= 0.6 is 0 Å². The second-order valence-electron chi connectivity index (χ2n) is 5.07. The molecule has 0 aromatic carbocycles. The molecule has 0 aromatic rings. The van der Waals surface area contributed by atoms with E-state index in [1.54, 1.807) is 7.11 Å². The maximum atomic E-state index is 12.2. The Morgan fingerprint density at radius 1 is 1.21 bits per heavy atom. The van der Waals surface area contributed by atoms with Gasteiger partial charge in [-0.05, 0) is 12.8 Å². The van der Waals surface area contributed by atoms with Gasteiger partial charge in [0.2, 0.25) is 11.8 Å². The average Bonchev–Trinajstić information content (AvgIpc) is 2.45. The van der Waals surface area contributed by atoms with Crippen LogP contribution in [0.1, 0.15) is 32.1 Å². The van der Waals surface area contributed by atoms with E-state index < -0.39 is 5.41 Å². The summed E-state index contributed by atoms with van der Waals surface area (Å²) in [6, 6.07) is 0. The molecule has 19 heavy (non-hydrogen) atoms. The van der Waals surface area contributed by atoms with E-state index in [4.69, 9.17) is 10.5 Å². The number of rotatable bonds is 7. The van der Waals surface area contributed by atoms with Gasteiger partial charge in [-0.1, -0.05) is 19.3 Å². The predicted molar refractivity (Wildman–Crippen MR) is 72.5 cm³/mol. The standard InChI is InChI=1S/C13H25N3O3/c1-19-8-7-15-11(17)9-16-12(18)13(10-14)5-3-2-4-6-13/h2-10,14H2,1H3,(H,15,17)(H,16,18). The van der Waals surface area contributed by atoms with Crippen molar-refractivity contribution in [3.05, 3.63) is 0 Å². The second-order valence-corrected chi connectivity index (χ2v) is 5.07. The normalized spacial score (nSPS) is 17.8. The van der Waals surface area contributed by atoms with Gasteiger partial charge in [0.15, 0.2) is 0 Å². The molecule has 1 rings (SSSR count). The fourth-order valence-corrected chi connectivity index (χ4v) is 2.46. The lowest BCUT2D eigenvalue weighted by atomic mass is 9.73. The molecule has 1 aliphatic carbocycles. The Kier molecular flexibility index (Phi) is 6.80. The number of ether oxygens (including phenoxy) is 1.